The van der Waals surface area contributed by atoms with E-state index in [1.165, 1.54) is 7.11 Å². The van der Waals surface area contributed by atoms with Crippen LogP contribution in [-0.4, -0.2) is 22.9 Å². The Balaban J connectivity index is 2.14. The van der Waals surface area contributed by atoms with Crippen LogP contribution in [0.2, 0.25) is 0 Å². The normalized spacial score (nSPS) is 14.4. The summed E-state index contributed by atoms with van der Waals surface area (Å²) in [7, 11) is 1.36. The third kappa shape index (κ3) is 1.97. The van der Waals surface area contributed by atoms with Crippen molar-refractivity contribution in [2.75, 3.05) is 12.8 Å². The highest BCUT2D eigenvalue weighted by Gasteiger charge is 2.34. The molecule has 19 heavy (non-hydrogen) atoms. The summed E-state index contributed by atoms with van der Waals surface area (Å²) in [5.74, 6) is 0.448. The fourth-order valence-corrected chi connectivity index (χ4v) is 2.23. The average Bonchev–Trinajstić information content (AvgIpc) is 3.22. The molecule has 0 radical (unpaired) electrons. The van der Waals surface area contributed by atoms with Crippen molar-refractivity contribution in [3.8, 4) is 5.69 Å². The summed E-state index contributed by atoms with van der Waals surface area (Å²) in [6.07, 6.45) is 2.10. The molecule has 5 heteroatoms. The summed E-state index contributed by atoms with van der Waals surface area (Å²) in [6.45, 7) is 0. The van der Waals surface area contributed by atoms with Crippen LogP contribution >= 0.6 is 0 Å². The molecular weight excluding hydrogens is 242 g/mol. The van der Waals surface area contributed by atoms with Crippen molar-refractivity contribution in [1.29, 1.82) is 0 Å². The molecule has 2 aromatic rings. The third-order valence-corrected chi connectivity index (χ3v) is 3.32. The molecule has 1 aliphatic rings. The van der Waals surface area contributed by atoms with E-state index in [9.17, 15) is 4.79 Å². The summed E-state index contributed by atoms with van der Waals surface area (Å²) in [5.41, 5.74) is 8.18. The fourth-order valence-electron chi connectivity index (χ4n) is 2.23. The summed E-state index contributed by atoms with van der Waals surface area (Å²) < 4.78 is 6.40. The predicted molar refractivity (Wildman–Crippen MR) is 71.3 cm³/mol. The second kappa shape index (κ2) is 4.42. The van der Waals surface area contributed by atoms with Crippen LogP contribution in [0.25, 0.3) is 5.69 Å². The molecule has 1 aromatic heterocycles. The number of methoxy groups -OCH3 is 1. The van der Waals surface area contributed by atoms with Crippen LogP contribution in [-0.2, 0) is 4.74 Å². The van der Waals surface area contributed by atoms with Gasteiger partial charge in [-0.15, -0.1) is 0 Å². The van der Waals surface area contributed by atoms with Crippen molar-refractivity contribution in [2.45, 2.75) is 18.8 Å². The molecule has 5 nitrogen and oxygen atoms in total. The zero-order chi connectivity index (χ0) is 13.4. The van der Waals surface area contributed by atoms with Crippen LogP contribution in [0.5, 0.6) is 0 Å². The lowest BCUT2D eigenvalue weighted by molar-refractivity contribution is 0.0592. The number of nitrogen functional groups attached to an aromatic ring is 1. The van der Waals surface area contributed by atoms with Gasteiger partial charge in [-0.05, 0) is 30.9 Å². The Morgan fingerprint density at radius 2 is 2.05 bits per heavy atom. The van der Waals surface area contributed by atoms with Gasteiger partial charge in [-0.1, -0.05) is 18.2 Å². The van der Waals surface area contributed by atoms with Crippen LogP contribution in [0, 0.1) is 0 Å². The molecule has 1 saturated carbocycles. The Bertz CT molecular complexity index is 615. The first kappa shape index (κ1) is 11.8. The number of anilines is 1. The van der Waals surface area contributed by atoms with E-state index in [1.54, 1.807) is 4.68 Å². The molecular formula is C14H15N3O2. The van der Waals surface area contributed by atoms with Crippen molar-refractivity contribution >= 4 is 11.8 Å². The molecule has 1 fully saturated rings. The first-order chi connectivity index (χ1) is 9.22. The molecule has 0 atom stereocenters. The predicted octanol–water partition coefficient (Wildman–Crippen LogP) is 2.12. The molecule has 1 aliphatic carbocycles. The number of carbonyl (C=O) groups is 1. The van der Waals surface area contributed by atoms with E-state index in [0.29, 0.717) is 17.4 Å². The van der Waals surface area contributed by atoms with Crippen LogP contribution in [0.15, 0.2) is 30.3 Å². The summed E-state index contributed by atoms with van der Waals surface area (Å²) in [5, 5.41) is 4.33. The molecule has 0 aliphatic heterocycles. The van der Waals surface area contributed by atoms with Gasteiger partial charge < -0.3 is 10.5 Å². The number of ether oxygens (including phenoxy) is 1. The van der Waals surface area contributed by atoms with Gasteiger partial charge in [0.1, 0.15) is 5.82 Å². The van der Waals surface area contributed by atoms with Gasteiger partial charge in [0.25, 0.3) is 0 Å². The topological polar surface area (TPSA) is 70.1 Å². The maximum absolute atomic E-state index is 11.8. The number of esters is 1. The maximum Gasteiger partial charge on any atom is 0.358 e. The average molecular weight is 257 g/mol. The standard InChI is InChI=1S/C14H15N3O2/c1-19-14(18)12-11(9-7-8-9)13(15)17(16-12)10-5-3-2-4-6-10/h2-6,9H,7-8,15H2,1H3. The second-order valence-electron chi connectivity index (χ2n) is 4.66. The summed E-state index contributed by atoms with van der Waals surface area (Å²) in [6, 6.07) is 9.55. The first-order valence-corrected chi connectivity index (χ1v) is 6.24. The van der Waals surface area contributed by atoms with Crippen molar-refractivity contribution in [3.05, 3.63) is 41.6 Å². The number of hydrogen-bond acceptors (Lipinski definition) is 4. The second-order valence-corrected chi connectivity index (χ2v) is 4.66. The largest absolute Gasteiger partial charge is 0.464 e. The quantitative estimate of drug-likeness (QED) is 0.855. The molecule has 0 unspecified atom stereocenters. The lowest BCUT2D eigenvalue weighted by atomic mass is 10.1. The van der Waals surface area contributed by atoms with Gasteiger partial charge >= 0.3 is 5.97 Å². The number of para-hydroxylation sites is 1. The molecule has 2 N–H and O–H groups in total. The molecule has 98 valence electrons. The highest BCUT2D eigenvalue weighted by Crippen LogP contribution is 2.45. The Labute approximate surface area is 111 Å². The lowest BCUT2D eigenvalue weighted by Crippen LogP contribution is -2.05. The number of hydrogen-bond donors (Lipinski definition) is 1. The van der Waals surface area contributed by atoms with Gasteiger partial charge in [0.05, 0.1) is 12.8 Å². The van der Waals surface area contributed by atoms with Gasteiger partial charge in [0.15, 0.2) is 5.69 Å². The van der Waals surface area contributed by atoms with Crippen molar-refractivity contribution in [1.82, 2.24) is 9.78 Å². The van der Waals surface area contributed by atoms with Crippen LogP contribution in [0.3, 0.4) is 0 Å². The Morgan fingerprint density at radius 3 is 2.63 bits per heavy atom. The number of carbonyl (C=O) groups excluding carboxylic acids is 1. The van der Waals surface area contributed by atoms with E-state index in [1.807, 2.05) is 30.3 Å². The zero-order valence-electron chi connectivity index (χ0n) is 10.7. The van der Waals surface area contributed by atoms with Crippen molar-refractivity contribution in [2.24, 2.45) is 0 Å². The van der Waals surface area contributed by atoms with Gasteiger partial charge in [-0.25, -0.2) is 9.48 Å². The number of benzene rings is 1. The monoisotopic (exact) mass is 257 g/mol. The van der Waals surface area contributed by atoms with E-state index < -0.39 is 5.97 Å². The van der Waals surface area contributed by atoms with Crippen LogP contribution in [0.4, 0.5) is 5.82 Å². The van der Waals surface area contributed by atoms with Gasteiger partial charge in [-0.3, -0.25) is 0 Å². The molecule has 0 saturated heterocycles. The Kier molecular flexibility index (Phi) is 2.74. The third-order valence-electron chi connectivity index (χ3n) is 3.32. The molecule has 0 amide bonds. The SMILES string of the molecule is COC(=O)c1nn(-c2ccccc2)c(N)c1C1CC1. The van der Waals surface area contributed by atoms with Gasteiger partial charge in [0.2, 0.25) is 0 Å². The minimum Gasteiger partial charge on any atom is -0.464 e. The van der Waals surface area contributed by atoms with E-state index in [0.717, 1.165) is 24.1 Å². The van der Waals surface area contributed by atoms with Gasteiger partial charge in [0, 0.05) is 5.56 Å². The van der Waals surface area contributed by atoms with E-state index >= 15 is 0 Å². The highest BCUT2D eigenvalue weighted by molar-refractivity contribution is 5.91. The van der Waals surface area contributed by atoms with Crippen LogP contribution < -0.4 is 5.73 Å². The number of rotatable bonds is 3. The van der Waals surface area contributed by atoms with Crippen LogP contribution in [0.1, 0.15) is 34.8 Å². The maximum atomic E-state index is 11.8. The summed E-state index contributed by atoms with van der Waals surface area (Å²) >= 11 is 0. The van der Waals surface area contributed by atoms with Gasteiger partial charge in [-0.2, -0.15) is 5.10 Å². The van der Waals surface area contributed by atoms with Crippen molar-refractivity contribution < 1.29 is 9.53 Å². The summed E-state index contributed by atoms with van der Waals surface area (Å²) in [4.78, 5) is 11.8. The van der Waals surface area contributed by atoms with Crippen molar-refractivity contribution in [3.63, 3.8) is 0 Å². The molecule has 1 aromatic carbocycles. The minimum atomic E-state index is -0.428. The lowest BCUT2D eigenvalue weighted by Gasteiger charge is -2.03. The molecule has 3 rings (SSSR count). The zero-order valence-corrected chi connectivity index (χ0v) is 10.7. The highest BCUT2D eigenvalue weighted by atomic mass is 16.5. The Hall–Kier alpha value is -2.30. The smallest absolute Gasteiger partial charge is 0.358 e. The number of aromatic nitrogens is 2. The van der Waals surface area contributed by atoms with E-state index in [4.69, 9.17) is 10.5 Å². The molecule has 0 spiro atoms. The minimum absolute atomic E-state index is 0.339. The Morgan fingerprint density at radius 1 is 1.37 bits per heavy atom. The molecule has 0 bridgehead atoms. The first-order valence-electron chi connectivity index (χ1n) is 6.24. The number of nitrogens with two attached hydrogens (primary N) is 1. The number of nitrogens with zero attached hydrogens (tertiary/aromatic N) is 2. The van der Waals surface area contributed by atoms with E-state index in [-0.39, 0.29) is 0 Å². The molecule has 1 heterocycles. The fraction of sp³-hybridized carbons (Fsp3) is 0.286. The van der Waals surface area contributed by atoms with E-state index in [2.05, 4.69) is 5.10 Å².